The number of amides is 3. The summed E-state index contributed by atoms with van der Waals surface area (Å²) in [5, 5.41) is 9.62. The van der Waals surface area contributed by atoms with E-state index in [4.69, 9.17) is 0 Å². The number of carbonyl (C=O) groups is 3. The normalized spacial score (nSPS) is 27.2. The van der Waals surface area contributed by atoms with Crippen molar-refractivity contribution in [1.29, 1.82) is 0 Å². The molecule has 3 amide bonds. The van der Waals surface area contributed by atoms with Crippen molar-refractivity contribution >= 4 is 29.1 Å². The number of hydrogen-bond acceptors (Lipinski definition) is 3. The number of benzene rings is 1. The van der Waals surface area contributed by atoms with Gasteiger partial charge in [-0.15, -0.1) is 0 Å². The maximum absolute atomic E-state index is 13.7. The monoisotopic (exact) mass is 664 g/mol. The summed E-state index contributed by atoms with van der Waals surface area (Å²) in [6, 6.07) is 5.56. The average Bonchev–Trinajstić information content (AvgIpc) is 3.08. The van der Waals surface area contributed by atoms with Crippen molar-refractivity contribution in [3.63, 3.8) is 0 Å². The molecule has 3 saturated carbocycles. The van der Waals surface area contributed by atoms with Crippen molar-refractivity contribution in [3.8, 4) is 0 Å². The molecule has 0 heterocycles. The summed E-state index contributed by atoms with van der Waals surface area (Å²) in [5.74, 6) is 1.81. The third-order valence-corrected chi connectivity index (χ3v) is 14.0. The van der Waals surface area contributed by atoms with E-state index in [-0.39, 0.29) is 35.6 Å². The van der Waals surface area contributed by atoms with Gasteiger partial charge in [0.15, 0.2) is 0 Å². The predicted molar refractivity (Wildman–Crippen MR) is 200 cm³/mol. The van der Waals surface area contributed by atoms with E-state index in [1.165, 1.54) is 0 Å². The Morgan fingerprint density at radius 2 is 0.875 bits per heavy atom. The highest BCUT2D eigenvalue weighted by atomic mass is 16.2. The summed E-state index contributed by atoms with van der Waals surface area (Å²) in [4.78, 5) is 40.8. The highest BCUT2D eigenvalue weighted by molar-refractivity contribution is 6.01. The molecule has 0 aromatic heterocycles. The predicted octanol–water partition coefficient (Wildman–Crippen LogP) is 10.8. The lowest BCUT2D eigenvalue weighted by Crippen LogP contribution is -2.40. The molecule has 1 aromatic rings. The van der Waals surface area contributed by atoms with Gasteiger partial charge in [0.05, 0.1) is 0 Å². The fourth-order valence-corrected chi connectivity index (χ4v) is 8.82. The summed E-state index contributed by atoms with van der Waals surface area (Å²) < 4.78 is 0. The molecular formula is C42H69N3O3. The van der Waals surface area contributed by atoms with Gasteiger partial charge in [-0.2, -0.15) is 0 Å². The van der Waals surface area contributed by atoms with Gasteiger partial charge in [-0.3, -0.25) is 14.4 Å². The second-order valence-electron chi connectivity index (χ2n) is 17.9. The summed E-state index contributed by atoms with van der Waals surface area (Å²) in [5.41, 5.74) is 2.58. The SMILES string of the molecule is CCC(C)(C)C1CCC(C(=O)Nc2cc(NC(=O)C3CCC(C(C)(C)CC)CC3)cc(C(=O)N[C@H]3CC[C@@H](C(C)(C)CC)CC3)c2)CC1. The van der Waals surface area contributed by atoms with Crippen LogP contribution in [0.1, 0.15) is 169 Å². The highest BCUT2D eigenvalue weighted by Gasteiger charge is 2.36. The van der Waals surface area contributed by atoms with Gasteiger partial charge in [-0.05, 0) is 129 Å². The second kappa shape index (κ2) is 16.1. The third kappa shape index (κ3) is 9.65. The van der Waals surface area contributed by atoms with E-state index >= 15 is 0 Å². The van der Waals surface area contributed by atoms with Crippen molar-refractivity contribution < 1.29 is 14.4 Å². The Kier molecular flexibility index (Phi) is 12.9. The molecule has 0 atom stereocenters. The van der Waals surface area contributed by atoms with Gasteiger partial charge < -0.3 is 16.0 Å². The molecule has 0 saturated heterocycles. The molecule has 0 aliphatic heterocycles. The van der Waals surface area contributed by atoms with Gasteiger partial charge in [0.1, 0.15) is 0 Å². The Bertz CT molecular complexity index is 1170. The van der Waals surface area contributed by atoms with Crippen LogP contribution in [0.4, 0.5) is 11.4 Å². The number of carbonyl (C=O) groups excluding carboxylic acids is 3. The van der Waals surface area contributed by atoms with Crippen LogP contribution in [0.5, 0.6) is 0 Å². The molecule has 4 rings (SSSR count). The van der Waals surface area contributed by atoms with Crippen LogP contribution in [0, 0.1) is 45.8 Å². The topological polar surface area (TPSA) is 87.3 Å². The molecular weight excluding hydrogens is 594 g/mol. The van der Waals surface area contributed by atoms with Crippen LogP contribution in [-0.2, 0) is 9.59 Å². The van der Waals surface area contributed by atoms with Crippen LogP contribution in [0.25, 0.3) is 0 Å². The van der Waals surface area contributed by atoms with Gasteiger partial charge in [0, 0.05) is 34.8 Å². The average molecular weight is 664 g/mol. The zero-order valence-electron chi connectivity index (χ0n) is 32.0. The molecule has 0 unspecified atom stereocenters. The van der Waals surface area contributed by atoms with E-state index in [9.17, 15) is 14.4 Å². The second-order valence-corrected chi connectivity index (χ2v) is 17.9. The zero-order chi connectivity index (χ0) is 35.3. The smallest absolute Gasteiger partial charge is 0.251 e. The maximum Gasteiger partial charge on any atom is 0.251 e. The van der Waals surface area contributed by atoms with Gasteiger partial charge >= 0.3 is 0 Å². The Labute approximate surface area is 293 Å². The third-order valence-electron chi connectivity index (χ3n) is 14.0. The van der Waals surface area contributed by atoms with Gasteiger partial charge in [-0.25, -0.2) is 0 Å². The maximum atomic E-state index is 13.7. The van der Waals surface area contributed by atoms with Crippen LogP contribution in [0.2, 0.25) is 0 Å². The first-order valence-electron chi connectivity index (χ1n) is 19.7. The number of nitrogens with one attached hydrogen (secondary N) is 3. The van der Waals surface area contributed by atoms with Crippen LogP contribution in [0.15, 0.2) is 18.2 Å². The zero-order valence-corrected chi connectivity index (χ0v) is 32.0. The number of hydrogen-bond donors (Lipinski definition) is 3. The van der Waals surface area contributed by atoms with Crippen LogP contribution in [0.3, 0.4) is 0 Å². The van der Waals surface area contributed by atoms with Crippen molar-refractivity contribution in [3.05, 3.63) is 23.8 Å². The van der Waals surface area contributed by atoms with E-state index in [2.05, 4.69) is 78.3 Å². The van der Waals surface area contributed by atoms with Crippen molar-refractivity contribution in [1.82, 2.24) is 5.32 Å². The quantitative estimate of drug-likeness (QED) is 0.208. The molecule has 48 heavy (non-hydrogen) atoms. The van der Waals surface area contributed by atoms with Crippen molar-refractivity contribution in [2.24, 2.45) is 45.8 Å². The van der Waals surface area contributed by atoms with Gasteiger partial charge in [-0.1, -0.05) is 81.6 Å². The molecule has 3 N–H and O–H groups in total. The Morgan fingerprint density at radius 1 is 0.542 bits per heavy atom. The molecule has 6 nitrogen and oxygen atoms in total. The minimum absolute atomic E-state index is 0.0197. The highest BCUT2D eigenvalue weighted by Crippen LogP contribution is 2.44. The molecule has 270 valence electrons. The summed E-state index contributed by atoms with van der Waals surface area (Å²) >= 11 is 0. The van der Waals surface area contributed by atoms with E-state index in [0.29, 0.717) is 50.9 Å². The fourth-order valence-electron chi connectivity index (χ4n) is 8.82. The number of rotatable bonds is 12. The van der Waals surface area contributed by atoms with E-state index < -0.39 is 0 Å². The van der Waals surface area contributed by atoms with E-state index in [0.717, 1.165) is 96.3 Å². The van der Waals surface area contributed by atoms with Crippen LogP contribution in [-0.4, -0.2) is 23.8 Å². The van der Waals surface area contributed by atoms with Gasteiger partial charge in [0.25, 0.3) is 5.91 Å². The first kappa shape index (κ1) is 38.4. The Morgan fingerprint density at radius 3 is 1.21 bits per heavy atom. The molecule has 0 bridgehead atoms. The molecule has 6 heteroatoms. The van der Waals surface area contributed by atoms with Crippen LogP contribution >= 0.6 is 0 Å². The van der Waals surface area contributed by atoms with Crippen molar-refractivity contribution in [2.75, 3.05) is 10.6 Å². The summed E-state index contributed by atoms with van der Waals surface area (Å²) in [6.07, 6.45) is 15.5. The molecule has 3 aliphatic carbocycles. The molecule has 0 radical (unpaired) electrons. The Balaban J connectivity index is 1.45. The Hall–Kier alpha value is -2.37. The first-order chi connectivity index (χ1) is 22.6. The van der Waals surface area contributed by atoms with Crippen LogP contribution < -0.4 is 16.0 Å². The first-order valence-corrected chi connectivity index (χ1v) is 19.7. The lowest BCUT2D eigenvalue weighted by atomic mass is 9.67. The summed E-state index contributed by atoms with van der Waals surface area (Å²) in [7, 11) is 0. The molecule has 0 spiro atoms. The lowest BCUT2D eigenvalue weighted by Gasteiger charge is -2.39. The summed E-state index contributed by atoms with van der Waals surface area (Å²) in [6.45, 7) is 20.9. The van der Waals surface area contributed by atoms with E-state index in [1.807, 2.05) is 6.07 Å². The molecule has 3 aliphatic rings. The standard InChI is InChI=1S/C42H69N3O3/c1-10-40(4,5)31-17-13-28(14-18-31)37(46)44-35-25-30(39(48)43-34-23-21-33(22-24-34)42(8,9)12-3)26-36(27-35)45-38(47)29-15-19-32(20-16-29)41(6,7)11-2/h25-29,31-34H,10-24H2,1-9H3,(H,43,48)(H,44,46)(H,45,47)/t28?,29?,31?,32?,33-,34+. The van der Waals surface area contributed by atoms with Crippen molar-refractivity contribution in [2.45, 2.75) is 165 Å². The lowest BCUT2D eigenvalue weighted by molar-refractivity contribution is -0.122. The fraction of sp³-hybridized carbons (Fsp3) is 0.786. The molecule has 3 fully saturated rings. The molecule has 1 aromatic carbocycles. The largest absolute Gasteiger partial charge is 0.349 e. The van der Waals surface area contributed by atoms with E-state index in [1.54, 1.807) is 12.1 Å². The number of anilines is 2. The van der Waals surface area contributed by atoms with Gasteiger partial charge in [0.2, 0.25) is 11.8 Å². The minimum atomic E-state index is -0.135. The minimum Gasteiger partial charge on any atom is -0.349 e.